The van der Waals surface area contributed by atoms with Crippen LogP contribution in [-0.4, -0.2) is 49.2 Å². The molecule has 1 heterocycles. The molecule has 18 heavy (non-hydrogen) atoms. The van der Waals surface area contributed by atoms with Gasteiger partial charge in [0.15, 0.2) is 0 Å². The standard InChI is InChI=1S/C13H24N4O/c1-13(2,3)12-15-10(14-4)9-11(16-12)18-8-7-17(5)6/h9H,7-8H2,1-6H3,(H,14,15,16). The fourth-order valence-corrected chi connectivity index (χ4v) is 1.30. The predicted molar refractivity (Wildman–Crippen MR) is 74.3 cm³/mol. The number of hydrogen-bond acceptors (Lipinski definition) is 5. The summed E-state index contributed by atoms with van der Waals surface area (Å²) in [6.07, 6.45) is 0. The van der Waals surface area contributed by atoms with Crippen LogP contribution >= 0.6 is 0 Å². The SMILES string of the molecule is CNc1cc(OCCN(C)C)nc(C(C)(C)C)n1. The molecule has 0 aliphatic heterocycles. The average Bonchev–Trinajstić information content (AvgIpc) is 2.27. The van der Waals surface area contributed by atoms with Crippen LogP contribution < -0.4 is 10.1 Å². The molecule has 0 fully saturated rings. The molecular weight excluding hydrogens is 228 g/mol. The molecule has 5 heteroatoms. The molecule has 1 N–H and O–H groups in total. The van der Waals surface area contributed by atoms with Crippen molar-refractivity contribution in [3.8, 4) is 5.88 Å². The van der Waals surface area contributed by atoms with Crippen molar-refractivity contribution in [2.45, 2.75) is 26.2 Å². The van der Waals surface area contributed by atoms with Gasteiger partial charge in [-0.05, 0) is 14.1 Å². The lowest BCUT2D eigenvalue weighted by molar-refractivity contribution is 0.252. The van der Waals surface area contributed by atoms with Gasteiger partial charge in [-0.1, -0.05) is 20.8 Å². The summed E-state index contributed by atoms with van der Waals surface area (Å²) in [5, 5.41) is 3.04. The fraction of sp³-hybridized carbons (Fsp3) is 0.692. The quantitative estimate of drug-likeness (QED) is 0.865. The fourth-order valence-electron chi connectivity index (χ4n) is 1.30. The number of likely N-dealkylation sites (N-methyl/N-ethyl adjacent to an activating group) is 1. The molecule has 1 aromatic heterocycles. The molecule has 0 aliphatic carbocycles. The Kier molecular flexibility index (Phi) is 4.90. The van der Waals surface area contributed by atoms with Crippen LogP contribution in [0.2, 0.25) is 0 Å². The lowest BCUT2D eigenvalue weighted by Crippen LogP contribution is -2.21. The molecule has 0 unspecified atom stereocenters. The maximum Gasteiger partial charge on any atom is 0.218 e. The van der Waals surface area contributed by atoms with Gasteiger partial charge in [0.05, 0.1) is 0 Å². The van der Waals surface area contributed by atoms with Crippen molar-refractivity contribution in [3.05, 3.63) is 11.9 Å². The highest BCUT2D eigenvalue weighted by Crippen LogP contribution is 2.22. The minimum Gasteiger partial charge on any atom is -0.476 e. The van der Waals surface area contributed by atoms with E-state index in [1.807, 2.05) is 27.2 Å². The number of hydrogen-bond donors (Lipinski definition) is 1. The van der Waals surface area contributed by atoms with Gasteiger partial charge >= 0.3 is 0 Å². The van der Waals surface area contributed by atoms with E-state index in [9.17, 15) is 0 Å². The summed E-state index contributed by atoms with van der Waals surface area (Å²) in [5.41, 5.74) is -0.0908. The molecule has 0 amide bonds. The summed E-state index contributed by atoms with van der Waals surface area (Å²) < 4.78 is 5.66. The number of nitrogens with one attached hydrogen (secondary N) is 1. The molecule has 0 aromatic carbocycles. The Morgan fingerprint density at radius 2 is 1.94 bits per heavy atom. The molecule has 0 spiro atoms. The second-order valence-corrected chi connectivity index (χ2v) is 5.57. The van der Waals surface area contributed by atoms with E-state index in [-0.39, 0.29) is 5.41 Å². The van der Waals surface area contributed by atoms with E-state index in [1.54, 1.807) is 0 Å². The molecule has 0 saturated carbocycles. The normalized spacial score (nSPS) is 11.7. The molecule has 1 rings (SSSR count). The van der Waals surface area contributed by atoms with Crippen LogP contribution in [0.5, 0.6) is 5.88 Å². The van der Waals surface area contributed by atoms with Gasteiger partial charge in [0.2, 0.25) is 5.88 Å². The van der Waals surface area contributed by atoms with Gasteiger partial charge in [-0.15, -0.1) is 0 Å². The molecule has 1 aromatic rings. The zero-order valence-electron chi connectivity index (χ0n) is 12.2. The predicted octanol–water partition coefficient (Wildman–Crippen LogP) is 1.76. The molecule has 5 nitrogen and oxygen atoms in total. The van der Waals surface area contributed by atoms with Crippen LogP contribution in [0.4, 0.5) is 5.82 Å². The first-order valence-corrected chi connectivity index (χ1v) is 6.18. The van der Waals surface area contributed by atoms with Crippen molar-refractivity contribution in [1.82, 2.24) is 14.9 Å². The summed E-state index contributed by atoms with van der Waals surface area (Å²) in [7, 11) is 5.88. The van der Waals surface area contributed by atoms with E-state index in [1.165, 1.54) is 0 Å². The summed E-state index contributed by atoms with van der Waals surface area (Å²) >= 11 is 0. The first kappa shape index (κ1) is 14.7. The molecule has 0 atom stereocenters. The Morgan fingerprint density at radius 3 is 2.44 bits per heavy atom. The van der Waals surface area contributed by atoms with Crippen LogP contribution in [0.1, 0.15) is 26.6 Å². The number of nitrogens with zero attached hydrogens (tertiary/aromatic N) is 3. The Bertz CT molecular complexity index is 385. The number of rotatable bonds is 5. The topological polar surface area (TPSA) is 50.3 Å². The summed E-state index contributed by atoms with van der Waals surface area (Å²) in [6.45, 7) is 7.75. The van der Waals surface area contributed by atoms with Crippen LogP contribution in [0.3, 0.4) is 0 Å². The van der Waals surface area contributed by atoms with Crippen LogP contribution in [0.25, 0.3) is 0 Å². The minimum absolute atomic E-state index is 0.0908. The van der Waals surface area contributed by atoms with Gasteiger partial charge in [0.1, 0.15) is 18.2 Å². The molecule has 102 valence electrons. The highest BCUT2D eigenvalue weighted by atomic mass is 16.5. The summed E-state index contributed by atoms with van der Waals surface area (Å²) in [5.74, 6) is 2.20. The van der Waals surface area contributed by atoms with Gasteiger partial charge < -0.3 is 15.0 Å². The minimum atomic E-state index is -0.0908. The zero-order chi connectivity index (χ0) is 13.8. The maximum absolute atomic E-state index is 5.66. The summed E-state index contributed by atoms with van der Waals surface area (Å²) in [4.78, 5) is 11.0. The lowest BCUT2D eigenvalue weighted by Gasteiger charge is -2.18. The number of aromatic nitrogens is 2. The summed E-state index contributed by atoms with van der Waals surface area (Å²) in [6, 6.07) is 1.82. The molecule has 0 aliphatic rings. The third-order valence-electron chi connectivity index (χ3n) is 2.42. The Hall–Kier alpha value is -1.36. The molecule has 0 bridgehead atoms. The number of anilines is 1. The van der Waals surface area contributed by atoms with Crippen molar-refractivity contribution in [3.63, 3.8) is 0 Å². The Labute approximate surface area is 110 Å². The van der Waals surface area contributed by atoms with Crippen molar-refractivity contribution >= 4 is 5.82 Å². The van der Waals surface area contributed by atoms with Crippen LogP contribution in [0.15, 0.2) is 6.07 Å². The van der Waals surface area contributed by atoms with E-state index in [0.29, 0.717) is 12.5 Å². The molecular formula is C13H24N4O. The van der Waals surface area contributed by atoms with Crippen molar-refractivity contribution in [2.24, 2.45) is 0 Å². The van der Waals surface area contributed by atoms with Crippen LogP contribution in [0, 0.1) is 0 Å². The third kappa shape index (κ3) is 4.49. The van der Waals surface area contributed by atoms with Crippen molar-refractivity contribution in [1.29, 1.82) is 0 Å². The first-order chi connectivity index (χ1) is 8.32. The monoisotopic (exact) mass is 252 g/mol. The Balaban J connectivity index is 2.84. The van der Waals surface area contributed by atoms with E-state index < -0.39 is 0 Å². The second-order valence-electron chi connectivity index (χ2n) is 5.57. The first-order valence-electron chi connectivity index (χ1n) is 6.18. The highest BCUT2D eigenvalue weighted by Gasteiger charge is 2.19. The average molecular weight is 252 g/mol. The van der Waals surface area contributed by atoms with Gasteiger partial charge in [0.25, 0.3) is 0 Å². The molecule has 0 radical (unpaired) electrons. The van der Waals surface area contributed by atoms with E-state index >= 15 is 0 Å². The van der Waals surface area contributed by atoms with E-state index in [4.69, 9.17) is 4.74 Å². The van der Waals surface area contributed by atoms with Crippen LogP contribution in [-0.2, 0) is 5.41 Å². The van der Waals surface area contributed by atoms with Gasteiger partial charge in [-0.2, -0.15) is 4.98 Å². The van der Waals surface area contributed by atoms with Gasteiger partial charge in [-0.25, -0.2) is 4.98 Å². The largest absolute Gasteiger partial charge is 0.476 e. The van der Waals surface area contributed by atoms with Gasteiger partial charge in [0, 0.05) is 25.1 Å². The van der Waals surface area contributed by atoms with Gasteiger partial charge in [-0.3, -0.25) is 0 Å². The maximum atomic E-state index is 5.66. The molecule has 0 saturated heterocycles. The van der Waals surface area contributed by atoms with E-state index in [0.717, 1.165) is 18.2 Å². The second kappa shape index (κ2) is 6.00. The van der Waals surface area contributed by atoms with E-state index in [2.05, 4.69) is 41.0 Å². The third-order valence-corrected chi connectivity index (χ3v) is 2.42. The highest BCUT2D eigenvalue weighted by molar-refractivity contribution is 5.38. The van der Waals surface area contributed by atoms with Crippen molar-refractivity contribution in [2.75, 3.05) is 39.6 Å². The smallest absolute Gasteiger partial charge is 0.218 e. The Morgan fingerprint density at radius 1 is 1.28 bits per heavy atom. The van der Waals surface area contributed by atoms with Crippen molar-refractivity contribution < 1.29 is 4.74 Å². The zero-order valence-corrected chi connectivity index (χ0v) is 12.2. The lowest BCUT2D eigenvalue weighted by atomic mass is 9.96. The number of ether oxygens (including phenoxy) is 1.